The summed E-state index contributed by atoms with van der Waals surface area (Å²) in [6.07, 6.45) is 2.50. The van der Waals surface area contributed by atoms with Crippen molar-refractivity contribution in [3.05, 3.63) is 28.4 Å². The highest BCUT2D eigenvalue weighted by Crippen LogP contribution is 2.42. The summed E-state index contributed by atoms with van der Waals surface area (Å²) in [5.74, 6) is 1.55. The molecule has 1 aromatic carbocycles. The Bertz CT molecular complexity index is 1230. The number of halogens is 1. The number of aromatic nitrogens is 4. The first-order valence-corrected chi connectivity index (χ1v) is 11.3. The zero-order valence-electron chi connectivity index (χ0n) is 16.3. The highest BCUT2D eigenvalue weighted by atomic mass is 79.9. The number of piperidine rings is 1. The van der Waals surface area contributed by atoms with Gasteiger partial charge in [0.2, 0.25) is 6.79 Å². The van der Waals surface area contributed by atoms with Gasteiger partial charge in [-0.1, -0.05) is 11.8 Å². The van der Waals surface area contributed by atoms with Crippen LogP contribution in [0.25, 0.3) is 11.2 Å². The van der Waals surface area contributed by atoms with Gasteiger partial charge in [-0.3, -0.25) is 5.41 Å². The number of imidazole rings is 1. The van der Waals surface area contributed by atoms with E-state index in [-0.39, 0.29) is 18.2 Å². The van der Waals surface area contributed by atoms with E-state index < -0.39 is 6.09 Å². The van der Waals surface area contributed by atoms with E-state index in [9.17, 15) is 9.90 Å². The molecule has 1 unspecified atom stereocenters. The zero-order chi connectivity index (χ0) is 21.5. The van der Waals surface area contributed by atoms with Gasteiger partial charge >= 0.3 is 6.09 Å². The predicted octanol–water partition coefficient (Wildman–Crippen LogP) is 3.27. The summed E-state index contributed by atoms with van der Waals surface area (Å²) < 4.78 is 13.6. The van der Waals surface area contributed by atoms with Crippen LogP contribution in [0, 0.1) is 11.3 Å². The number of H-pyrrole nitrogens is 1. The molecule has 3 N–H and O–H groups in total. The fourth-order valence-electron chi connectivity index (χ4n) is 3.89. The number of ether oxygens (including phenoxy) is 2. The molecule has 5 rings (SSSR count). The lowest BCUT2D eigenvalue weighted by molar-refractivity contribution is 0.116. The number of nitrogens with zero attached hydrogens (tertiary/aromatic N) is 4. The van der Waals surface area contributed by atoms with Crippen LogP contribution < -0.4 is 15.0 Å². The third kappa shape index (κ3) is 3.97. The van der Waals surface area contributed by atoms with E-state index >= 15 is 0 Å². The van der Waals surface area contributed by atoms with Crippen molar-refractivity contribution in [1.82, 2.24) is 24.4 Å². The van der Waals surface area contributed by atoms with E-state index in [0.29, 0.717) is 47.5 Å². The van der Waals surface area contributed by atoms with Gasteiger partial charge in [0, 0.05) is 29.0 Å². The molecule has 0 saturated carbocycles. The number of hydrogen-bond donors (Lipinski definition) is 3. The number of hydrogen-bond acceptors (Lipinski definition) is 7. The first kappa shape index (κ1) is 20.2. The van der Waals surface area contributed by atoms with Crippen molar-refractivity contribution in [3.63, 3.8) is 0 Å². The van der Waals surface area contributed by atoms with Crippen LogP contribution in [0.4, 0.5) is 4.79 Å². The van der Waals surface area contributed by atoms with E-state index in [4.69, 9.17) is 19.9 Å². The molecule has 3 aromatic rings. The SMILES string of the molecule is N=c1ncn(CC2CCCN(C(=O)O)C2)c2nc(Sc3cc4c(cc3Br)OCO4)[nH]c12. The predicted molar refractivity (Wildman–Crippen MR) is 114 cm³/mol. The highest BCUT2D eigenvalue weighted by Gasteiger charge is 2.24. The Morgan fingerprint density at radius 3 is 3.00 bits per heavy atom. The minimum Gasteiger partial charge on any atom is -0.465 e. The van der Waals surface area contributed by atoms with Gasteiger partial charge in [0.25, 0.3) is 0 Å². The van der Waals surface area contributed by atoms with Crippen LogP contribution >= 0.6 is 27.7 Å². The molecule has 2 aliphatic rings. The summed E-state index contributed by atoms with van der Waals surface area (Å²) in [5.41, 5.74) is 1.30. The van der Waals surface area contributed by atoms with Crippen molar-refractivity contribution < 1.29 is 19.4 Å². The number of carbonyl (C=O) groups is 1. The van der Waals surface area contributed by atoms with Crippen molar-refractivity contribution in [1.29, 1.82) is 5.41 Å². The third-order valence-corrected chi connectivity index (χ3v) is 7.24. The van der Waals surface area contributed by atoms with Crippen LogP contribution in [0.15, 0.2) is 33.0 Å². The van der Waals surface area contributed by atoms with Crippen LogP contribution in [-0.4, -0.2) is 55.5 Å². The minimum atomic E-state index is -0.882. The Morgan fingerprint density at radius 1 is 1.39 bits per heavy atom. The summed E-state index contributed by atoms with van der Waals surface area (Å²) in [6, 6.07) is 3.75. The standard InChI is InChI=1S/C19H19BrN6O4S/c20-11-4-12-13(30-9-29-12)5-14(11)31-18-23-15-16(21)22-8-26(17(15)24-18)7-10-2-1-3-25(6-10)19(27)28/h4-5,8,10,21H,1-3,6-7,9H2,(H,23,24)(H,27,28). The van der Waals surface area contributed by atoms with E-state index in [1.165, 1.54) is 16.7 Å². The Balaban J connectivity index is 1.43. The summed E-state index contributed by atoms with van der Waals surface area (Å²) in [7, 11) is 0. The summed E-state index contributed by atoms with van der Waals surface area (Å²) in [4.78, 5) is 25.8. The summed E-state index contributed by atoms with van der Waals surface area (Å²) >= 11 is 4.97. The molecular formula is C19H19BrN6O4S. The van der Waals surface area contributed by atoms with E-state index in [2.05, 4.69) is 25.9 Å². The number of aromatic amines is 1. The average Bonchev–Trinajstić information content (AvgIpc) is 3.38. The topological polar surface area (TPSA) is 129 Å². The van der Waals surface area contributed by atoms with Crippen LogP contribution in [0.5, 0.6) is 11.5 Å². The number of likely N-dealkylation sites (tertiary alicyclic amines) is 1. The molecule has 10 nitrogen and oxygen atoms in total. The van der Waals surface area contributed by atoms with Crippen molar-refractivity contribution in [2.24, 2.45) is 5.92 Å². The van der Waals surface area contributed by atoms with Gasteiger partial charge in [0.15, 0.2) is 27.8 Å². The second-order valence-corrected chi connectivity index (χ2v) is 9.35. The number of nitrogens with one attached hydrogen (secondary N) is 2. The Kier molecular flexibility index (Phi) is 5.26. The van der Waals surface area contributed by atoms with Crippen molar-refractivity contribution >= 4 is 44.9 Å². The molecule has 2 aliphatic heterocycles. The van der Waals surface area contributed by atoms with Gasteiger partial charge in [-0.05, 0) is 46.8 Å². The number of rotatable bonds is 4. The highest BCUT2D eigenvalue weighted by molar-refractivity contribution is 9.10. The van der Waals surface area contributed by atoms with Crippen molar-refractivity contribution in [2.75, 3.05) is 19.9 Å². The number of amides is 1. The van der Waals surface area contributed by atoms with Gasteiger partial charge < -0.3 is 29.0 Å². The molecule has 1 fully saturated rings. The average molecular weight is 507 g/mol. The molecule has 1 saturated heterocycles. The molecule has 0 radical (unpaired) electrons. The van der Waals surface area contributed by atoms with E-state index in [1.807, 2.05) is 16.7 Å². The maximum Gasteiger partial charge on any atom is 0.407 e. The first-order valence-electron chi connectivity index (χ1n) is 9.72. The number of carboxylic acid groups (broad SMARTS) is 1. The van der Waals surface area contributed by atoms with Crippen LogP contribution in [0.3, 0.4) is 0 Å². The lowest BCUT2D eigenvalue weighted by atomic mass is 9.98. The fraction of sp³-hybridized carbons (Fsp3) is 0.368. The van der Waals surface area contributed by atoms with Crippen LogP contribution in [0.1, 0.15) is 12.8 Å². The smallest absolute Gasteiger partial charge is 0.407 e. The molecule has 162 valence electrons. The normalized spacial score (nSPS) is 18.0. The van der Waals surface area contributed by atoms with Crippen molar-refractivity contribution in [3.8, 4) is 11.5 Å². The van der Waals surface area contributed by atoms with Gasteiger partial charge in [-0.15, -0.1) is 0 Å². The summed E-state index contributed by atoms with van der Waals surface area (Å²) in [5, 5.41) is 18.1. The lowest BCUT2D eigenvalue weighted by Crippen LogP contribution is -2.40. The van der Waals surface area contributed by atoms with E-state index in [0.717, 1.165) is 22.2 Å². The quantitative estimate of drug-likeness (QED) is 0.494. The largest absolute Gasteiger partial charge is 0.465 e. The van der Waals surface area contributed by atoms with Gasteiger partial charge in [0.1, 0.15) is 5.52 Å². The third-order valence-electron chi connectivity index (χ3n) is 5.38. The molecule has 1 amide bonds. The van der Waals surface area contributed by atoms with Gasteiger partial charge in [-0.25, -0.2) is 14.8 Å². The summed E-state index contributed by atoms with van der Waals surface area (Å²) in [6.45, 7) is 1.86. The Labute approximate surface area is 189 Å². The molecule has 1 atom stereocenters. The molecule has 12 heteroatoms. The zero-order valence-corrected chi connectivity index (χ0v) is 18.7. The monoisotopic (exact) mass is 506 g/mol. The number of benzene rings is 1. The Morgan fingerprint density at radius 2 is 2.19 bits per heavy atom. The second-order valence-electron chi connectivity index (χ2n) is 7.46. The van der Waals surface area contributed by atoms with Gasteiger partial charge in [0.05, 0.1) is 6.33 Å². The number of fused-ring (bicyclic) bond motifs is 2. The van der Waals surface area contributed by atoms with Crippen LogP contribution in [0.2, 0.25) is 0 Å². The maximum absolute atomic E-state index is 11.3. The molecule has 0 aliphatic carbocycles. The molecule has 0 spiro atoms. The first-order chi connectivity index (χ1) is 15.0. The lowest BCUT2D eigenvalue weighted by Gasteiger charge is -2.31. The fourth-order valence-corrected chi connectivity index (χ4v) is 5.27. The molecule has 2 aromatic heterocycles. The van der Waals surface area contributed by atoms with Gasteiger partial charge in [-0.2, -0.15) is 0 Å². The second kappa shape index (κ2) is 8.08. The van der Waals surface area contributed by atoms with E-state index in [1.54, 1.807) is 6.33 Å². The molecule has 0 bridgehead atoms. The van der Waals surface area contributed by atoms with Crippen LogP contribution in [-0.2, 0) is 6.54 Å². The molecule has 31 heavy (non-hydrogen) atoms. The molecule has 4 heterocycles. The molecular weight excluding hydrogens is 488 g/mol. The maximum atomic E-state index is 11.3. The Hall–Kier alpha value is -2.73. The van der Waals surface area contributed by atoms with Crippen molar-refractivity contribution in [2.45, 2.75) is 29.4 Å². The minimum absolute atomic E-state index is 0.117.